The molecule has 100 valence electrons. The van der Waals surface area contributed by atoms with Crippen LogP contribution in [0.1, 0.15) is 16.1 Å². The first-order chi connectivity index (χ1) is 9.56. The summed E-state index contributed by atoms with van der Waals surface area (Å²) in [6.07, 6.45) is 0. The van der Waals surface area contributed by atoms with Gasteiger partial charge in [0.2, 0.25) is 5.78 Å². The van der Waals surface area contributed by atoms with Crippen LogP contribution >= 0.6 is 11.6 Å². The van der Waals surface area contributed by atoms with E-state index >= 15 is 0 Å². The van der Waals surface area contributed by atoms with Gasteiger partial charge in [0.1, 0.15) is 5.82 Å². The maximum Gasteiger partial charge on any atom is 0.230 e. The minimum Gasteiger partial charge on any atom is -0.451 e. The molecule has 2 N–H and O–H groups in total. The molecule has 0 bridgehead atoms. The van der Waals surface area contributed by atoms with Gasteiger partial charge in [-0.15, -0.1) is 0 Å². The van der Waals surface area contributed by atoms with Crippen molar-refractivity contribution in [3.63, 3.8) is 0 Å². The number of furan rings is 1. The minimum atomic E-state index is -0.531. The molecule has 0 radical (unpaired) electrons. The molecule has 5 heteroatoms. The maximum absolute atomic E-state index is 13.2. The molecule has 2 aromatic carbocycles. The zero-order valence-corrected chi connectivity index (χ0v) is 10.9. The van der Waals surface area contributed by atoms with Crippen LogP contribution in [0.5, 0.6) is 0 Å². The number of ketones is 1. The lowest BCUT2D eigenvalue weighted by molar-refractivity contribution is 0.101. The summed E-state index contributed by atoms with van der Waals surface area (Å²) in [6.45, 7) is 0. The van der Waals surface area contributed by atoms with Gasteiger partial charge in [0.25, 0.3) is 0 Å². The molecule has 0 saturated carbocycles. The summed E-state index contributed by atoms with van der Waals surface area (Å²) >= 11 is 5.99. The first kappa shape index (κ1) is 12.7. The molecule has 0 spiro atoms. The largest absolute Gasteiger partial charge is 0.451 e. The average molecular weight is 290 g/mol. The van der Waals surface area contributed by atoms with E-state index in [1.807, 2.05) is 0 Å². The van der Waals surface area contributed by atoms with E-state index < -0.39 is 11.6 Å². The van der Waals surface area contributed by atoms with Gasteiger partial charge in [0.05, 0.1) is 10.6 Å². The van der Waals surface area contributed by atoms with Gasteiger partial charge < -0.3 is 10.2 Å². The minimum absolute atomic E-state index is 0.0696. The molecule has 3 rings (SSSR count). The van der Waals surface area contributed by atoms with E-state index in [1.165, 1.54) is 12.1 Å². The third kappa shape index (κ3) is 2.04. The molecular formula is C15H9ClFNO2. The zero-order chi connectivity index (χ0) is 14.3. The Hall–Kier alpha value is -2.33. The Morgan fingerprint density at radius 1 is 1.20 bits per heavy atom. The fourth-order valence-corrected chi connectivity index (χ4v) is 2.22. The number of hydrogen-bond donors (Lipinski definition) is 1. The molecule has 0 aliphatic carbocycles. The van der Waals surface area contributed by atoms with Crippen molar-refractivity contribution >= 4 is 34.0 Å². The van der Waals surface area contributed by atoms with Crippen LogP contribution in [0.3, 0.4) is 0 Å². The fourth-order valence-electron chi connectivity index (χ4n) is 2.00. The van der Waals surface area contributed by atoms with Crippen LogP contribution in [-0.2, 0) is 0 Å². The number of nitrogen functional groups attached to an aromatic ring is 1. The van der Waals surface area contributed by atoms with Crippen molar-refractivity contribution in [2.24, 2.45) is 0 Å². The number of nitrogens with two attached hydrogens (primary N) is 1. The van der Waals surface area contributed by atoms with Crippen molar-refractivity contribution in [3.8, 4) is 0 Å². The van der Waals surface area contributed by atoms with Crippen molar-refractivity contribution in [1.29, 1.82) is 0 Å². The summed E-state index contributed by atoms with van der Waals surface area (Å²) < 4.78 is 18.7. The number of fused-ring (bicyclic) bond motifs is 1. The molecule has 0 amide bonds. The first-order valence-corrected chi connectivity index (χ1v) is 6.22. The summed E-state index contributed by atoms with van der Waals surface area (Å²) in [6, 6.07) is 10.4. The summed E-state index contributed by atoms with van der Waals surface area (Å²) in [5, 5.41) is 1.12. The number of halogens is 2. The van der Waals surface area contributed by atoms with Crippen molar-refractivity contribution < 1.29 is 13.6 Å². The molecule has 0 atom stereocenters. The predicted molar refractivity (Wildman–Crippen MR) is 75.5 cm³/mol. The second-order valence-corrected chi connectivity index (χ2v) is 4.74. The van der Waals surface area contributed by atoms with Gasteiger partial charge in [-0.05, 0) is 30.3 Å². The third-order valence-electron chi connectivity index (χ3n) is 2.98. The van der Waals surface area contributed by atoms with Gasteiger partial charge >= 0.3 is 0 Å². The predicted octanol–water partition coefficient (Wildman–Crippen LogP) is 4.04. The number of carbonyl (C=O) groups excluding carboxylic acids is 1. The fraction of sp³-hybridized carbons (Fsp3) is 0. The molecule has 0 aliphatic heterocycles. The second-order valence-electron chi connectivity index (χ2n) is 4.33. The van der Waals surface area contributed by atoms with Crippen LogP contribution < -0.4 is 5.73 Å². The van der Waals surface area contributed by atoms with Crippen LogP contribution in [0, 0.1) is 5.82 Å². The molecule has 3 nitrogen and oxygen atoms in total. The van der Waals surface area contributed by atoms with E-state index in [4.69, 9.17) is 21.8 Å². The molecule has 1 heterocycles. The van der Waals surface area contributed by atoms with Crippen LogP contribution in [0.25, 0.3) is 11.0 Å². The Bertz CT molecular complexity index is 826. The SMILES string of the molecule is Nc1ccc(F)cc1C(=O)c1cc2cccc(Cl)c2o1. The van der Waals surface area contributed by atoms with Gasteiger partial charge in [-0.3, -0.25) is 4.79 Å². The molecule has 0 saturated heterocycles. The molecule has 0 unspecified atom stereocenters. The Morgan fingerprint density at radius 2 is 2.00 bits per heavy atom. The summed E-state index contributed by atoms with van der Waals surface area (Å²) in [4.78, 5) is 12.3. The second kappa shape index (κ2) is 4.65. The van der Waals surface area contributed by atoms with E-state index in [0.717, 1.165) is 6.07 Å². The average Bonchev–Trinajstić information content (AvgIpc) is 2.86. The Balaban J connectivity index is 2.13. The van der Waals surface area contributed by atoms with Crippen molar-refractivity contribution in [2.45, 2.75) is 0 Å². The summed E-state index contributed by atoms with van der Waals surface area (Å²) in [5.74, 6) is -0.934. The highest BCUT2D eigenvalue weighted by atomic mass is 35.5. The van der Waals surface area contributed by atoms with Crippen molar-refractivity contribution in [3.05, 3.63) is 64.6 Å². The highest BCUT2D eigenvalue weighted by Crippen LogP contribution is 2.28. The van der Waals surface area contributed by atoms with Crippen molar-refractivity contribution in [2.75, 3.05) is 5.73 Å². The topological polar surface area (TPSA) is 56.2 Å². The van der Waals surface area contributed by atoms with E-state index in [0.29, 0.717) is 16.0 Å². The number of benzene rings is 2. The highest BCUT2D eigenvalue weighted by Gasteiger charge is 2.18. The number of rotatable bonds is 2. The normalized spacial score (nSPS) is 10.9. The number of anilines is 1. The Kier molecular flexibility index (Phi) is 2.95. The summed E-state index contributed by atoms with van der Waals surface area (Å²) in [7, 11) is 0. The highest BCUT2D eigenvalue weighted by molar-refractivity contribution is 6.35. The van der Waals surface area contributed by atoms with E-state index in [2.05, 4.69) is 0 Å². The van der Waals surface area contributed by atoms with Gasteiger partial charge in [-0.25, -0.2) is 4.39 Å². The van der Waals surface area contributed by atoms with Gasteiger partial charge in [-0.1, -0.05) is 23.7 Å². The number of para-hydroxylation sites is 1. The standard InChI is InChI=1S/C15H9ClFNO2/c16-11-3-1-2-8-6-13(20-15(8)11)14(19)10-7-9(17)4-5-12(10)18/h1-7H,18H2. The molecule has 20 heavy (non-hydrogen) atoms. The quantitative estimate of drug-likeness (QED) is 0.572. The van der Waals surface area contributed by atoms with Crippen LogP contribution in [-0.4, -0.2) is 5.78 Å². The zero-order valence-electron chi connectivity index (χ0n) is 10.2. The third-order valence-corrected chi connectivity index (χ3v) is 3.28. The van der Waals surface area contributed by atoms with Crippen molar-refractivity contribution in [1.82, 2.24) is 0 Å². The molecule has 0 aliphatic rings. The molecule has 0 fully saturated rings. The first-order valence-electron chi connectivity index (χ1n) is 5.84. The lowest BCUT2D eigenvalue weighted by Gasteiger charge is -2.02. The molecule has 3 aromatic rings. The Labute approximate surface area is 118 Å². The number of carbonyl (C=O) groups is 1. The van der Waals surface area contributed by atoms with E-state index in [1.54, 1.807) is 24.3 Å². The maximum atomic E-state index is 13.2. The smallest absolute Gasteiger partial charge is 0.230 e. The van der Waals surface area contributed by atoms with E-state index in [-0.39, 0.29) is 17.0 Å². The van der Waals surface area contributed by atoms with Gasteiger partial charge in [0.15, 0.2) is 11.3 Å². The lowest BCUT2D eigenvalue weighted by Crippen LogP contribution is -2.04. The van der Waals surface area contributed by atoms with Gasteiger partial charge in [0, 0.05) is 11.1 Å². The number of hydrogen-bond acceptors (Lipinski definition) is 3. The monoisotopic (exact) mass is 289 g/mol. The van der Waals surface area contributed by atoms with Crippen LogP contribution in [0.2, 0.25) is 5.02 Å². The summed E-state index contributed by atoms with van der Waals surface area (Å²) in [5.41, 5.74) is 6.39. The molecule has 1 aromatic heterocycles. The van der Waals surface area contributed by atoms with Crippen LogP contribution in [0.15, 0.2) is 46.9 Å². The Morgan fingerprint density at radius 3 is 2.75 bits per heavy atom. The van der Waals surface area contributed by atoms with E-state index in [9.17, 15) is 9.18 Å². The van der Waals surface area contributed by atoms with Crippen LogP contribution in [0.4, 0.5) is 10.1 Å². The molecular weight excluding hydrogens is 281 g/mol. The lowest BCUT2D eigenvalue weighted by atomic mass is 10.1. The van der Waals surface area contributed by atoms with Gasteiger partial charge in [-0.2, -0.15) is 0 Å².